The number of hydrogen-bond acceptors (Lipinski definition) is 4. The maximum Gasteiger partial charge on any atom is 0.0820 e. The van der Waals surface area contributed by atoms with Gasteiger partial charge in [0.25, 0.3) is 0 Å². The highest BCUT2D eigenvalue weighted by molar-refractivity contribution is 5.12. The van der Waals surface area contributed by atoms with Crippen LogP contribution in [0, 0.1) is 0 Å². The predicted molar refractivity (Wildman–Crippen MR) is 69.4 cm³/mol. The lowest BCUT2D eigenvalue weighted by molar-refractivity contribution is -0.0551. The molecule has 3 N–H and O–H groups in total. The van der Waals surface area contributed by atoms with Crippen LogP contribution in [0.3, 0.4) is 0 Å². The first-order valence-corrected chi connectivity index (χ1v) is 6.15. The molecule has 0 aromatic carbocycles. The molecule has 0 radical (unpaired) electrons. The van der Waals surface area contributed by atoms with Crippen LogP contribution in [0.5, 0.6) is 0 Å². The largest absolute Gasteiger partial charge is 0.374 e. The summed E-state index contributed by atoms with van der Waals surface area (Å²) < 4.78 is 5.84. The van der Waals surface area contributed by atoms with Gasteiger partial charge in [-0.25, -0.2) is 0 Å². The third-order valence-corrected chi connectivity index (χ3v) is 3.28. The zero-order valence-electron chi connectivity index (χ0n) is 10.9. The Morgan fingerprint density at radius 1 is 1.53 bits per heavy atom. The SMILES string of the molecule is CCOC(C)(CC)C(Cc1cccnc1)NN. The lowest BCUT2D eigenvalue weighted by Gasteiger charge is -2.36. The molecular weight excluding hydrogens is 214 g/mol. The van der Waals surface area contributed by atoms with E-state index >= 15 is 0 Å². The Kier molecular flexibility index (Phi) is 5.55. The van der Waals surface area contributed by atoms with E-state index in [1.807, 2.05) is 19.2 Å². The summed E-state index contributed by atoms with van der Waals surface area (Å²) >= 11 is 0. The molecule has 1 rings (SSSR count). The van der Waals surface area contributed by atoms with Gasteiger partial charge in [0.15, 0.2) is 0 Å². The average Bonchev–Trinajstić information content (AvgIpc) is 2.37. The van der Waals surface area contributed by atoms with Gasteiger partial charge in [-0.1, -0.05) is 13.0 Å². The van der Waals surface area contributed by atoms with Gasteiger partial charge in [0.05, 0.1) is 11.6 Å². The molecule has 96 valence electrons. The number of hydrazine groups is 1. The van der Waals surface area contributed by atoms with Crippen LogP contribution in [0.4, 0.5) is 0 Å². The standard InChI is InChI=1S/C13H23N3O/c1-4-13(3,17-5-2)12(16-14)9-11-7-6-8-15-10-11/h6-8,10,12,16H,4-5,9,14H2,1-3H3. The minimum absolute atomic E-state index is 0.0802. The predicted octanol–water partition coefficient (Wildman–Crippen LogP) is 1.66. The first-order valence-electron chi connectivity index (χ1n) is 6.15. The molecular formula is C13H23N3O. The fourth-order valence-corrected chi connectivity index (χ4v) is 1.98. The molecule has 4 nitrogen and oxygen atoms in total. The highest BCUT2D eigenvalue weighted by atomic mass is 16.5. The number of ether oxygens (including phenoxy) is 1. The summed E-state index contributed by atoms with van der Waals surface area (Å²) in [7, 11) is 0. The number of nitrogens with zero attached hydrogens (tertiary/aromatic N) is 1. The lowest BCUT2D eigenvalue weighted by Crippen LogP contribution is -2.54. The molecule has 0 aliphatic heterocycles. The molecule has 0 saturated carbocycles. The zero-order valence-corrected chi connectivity index (χ0v) is 10.9. The monoisotopic (exact) mass is 237 g/mol. The molecule has 1 aromatic rings. The van der Waals surface area contributed by atoms with Crippen LogP contribution < -0.4 is 11.3 Å². The highest BCUT2D eigenvalue weighted by Crippen LogP contribution is 2.22. The van der Waals surface area contributed by atoms with Gasteiger partial charge in [-0.2, -0.15) is 0 Å². The van der Waals surface area contributed by atoms with Crippen molar-refractivity contribution in [3.63, 3.8) is 0 Å². The number of aromatic nitrogens is 1. The van der Waals surface area contributed by atoms with Crippen molar-refractivity contribution in [3.05, 3.63) is 30.1 Å². The van der Waals surface area contributed by atoms with Gasteiger partial charge in [-0.05, 0) is 38.3 Å². The molecule has 2 unspecified atom stereocenters. The van der Waals surface area contributed by atoms with E-state index in [4.69, 9.17) is 10.6 Å². The third-order valence-electron chi connectivity index (χ3n) is 3.28. The Labute approximate surface area is 104 Å². The Morgan fingerprint density at radius 3 is 2.76 bits per heavy atom. The number of hydrogen-bond donors (Lipinski definition) is 2. The molecule has 0 fully saturated rings. The van der Waals surface area contributed by atoms with Crippen molar-refractivity contribution in [3.8, 4) is 0 Å². The van der Waals surface area contributed by atoms with E-state index in [1.165, 1.54) is 0 Å². The Balaban J connectivity index is 2.76. The molecule has 0 aliphatic rings. The Morgan fingerprint density at radius 2 is 2.29 bits per heavy atom. The maximum atomic E-state index is 5.84. The first kappa shape index (κ1) is 14.1. The van der Waals surface area contributed by atoms with Crippen LogP contribution in [0.1, 0.15) is 32.8 Å². The van der Waals surface area contributed by atoms with Crippen molar-refractivity contribution in [2.75, 3.05) is 6.61 Å². The van der Waals surface area contributed by atoms with Crippen molar-refractivity contribution in [1.82, 2.24) is 10.4 Å². The Hall–Kier alpha value is -0.970. The number of pyridine rings is 1. The topological polar surface area (TPSA) is 60.2 Å². The molecule has 1 heterocycles. The molecule has 0 spiro atoms. The molecule has 0 bridgehead atoms. The summed E-state index contributed by atoms with van der Waals surface area (Å²) in [6, 6.07) is 4.07. The van der Waals surface area contributed by atoms with E-state index in [-0.39, 0.29) is 11.6 Å². The normalized spacial score (nSPS) is 16.5. The van der Waals surface area contributed by atoms with Crippen molar-refractivity contribution in [2.45, 2.75) is 45.3 Å². The maximum absolute atomic E-state index is 5.84. The van der Waals surface area contributed by atoms with Gasteiger partial charge in [0.2, 0.25) is 0 Å². The van der Waals surface area contributed by atoms with Gasteiger partial charge in [0, 0.05) is 19.0 Å². The van der Waals surface area contributed by atoms with E-state index in [0.717, 1.165) is 18.4 Å². The number of rotatable bonds is 7. The second-order valence-corrected chi connectivity index (χ2v) is 4.38. The fraction of sp³-hybridized carbons (Fsp3) is 0.615. The first-order chi connectivity index (χ1) is 8.16. The van der Waals surface area contributed by atoms with Crippen molar-refractivity contribution < 1.29 is 4.74 Å². The van der Waals surface area contributed by atoms with E-state index in [0.29, 0.717) is 6.61 Å². The van der Waals surface area contributed by atoms with E-state index in [1.54, 1.807) is 6.20 Å². The van der Waals surface area contributed by atoms with Crippen molar-refractivity contribution in [2.24, 2.45) is 5.84 Å². The molecule has 0 aliphatic carbocycles. The van der Waals surface area contributed by atoms with Gasteiger partial charge in [-0.15, -0.1) is 0 Å². The van der Waals surface area contributed by atoms with Crippen LogP contribution >= 0.6 is 0 Å². The Bertz CT molecular complexity index is 318. The van der Waals surface area contributed by atoms with Crippen molar-refractivity contribution in [1.29, 1.82) is 0 Å². The van der Waals surface area contributed by atoms with E-state index in [2.05, 4.69) is 30.3 Å². The molecule has 4 heteroatoms. The van der Waals surface area contributed by atoms with Gasteiger partial charge < -0.3 is 4.74 Å². The van der Waals surface area contributed by atoms with E-state index in [9.17, 15) is 0 Å². The van der Waals surface area contributed by atoms with Gasteiger partial charge >= 0.3 is 0 Å². The fourth-order valence-electron chi connectivity index (χ4n) is 1.98. The quantitative estimate of drug-likeness (QED) is 0.559. The molecule has 0 amide bonds. The summed E-state index contributed by atoms with van der Waals surface area (Å²) in [5, 5.41) is 0. The third kappa shape index (κ3) is 3.77. The minimum atomic E-state index is -0.251. The van der Waals surface area contributed by atoms with Gasteiger partial charge in [0.1, 0.15) is 0 Å². The smallest absolute Gasteiger partial charge is 0.0820 e. The van der Waals surface area contributed by atoms with E-state index < -0.39 is 0 Å². The van der Waals surface area contributed by atoms with Crippen LogP contribution in [0.25, 0.3) is 0 Å². The number of nitrogens with one attached hydrogen (secondary N) is 1. The summed E-state index contributed by atoms with van der Waals surface area (Å²) in [5.74, 6) is 5.66. The second kappa shape index (κ2) is 6.69. The molecule has 17 heavy (non-hydrogen) atoms. The second-order valence-electron chi connectivity index (χ2n) is 4.38. The van der Waals surface area contributed by atoms with Crippen LogP contribution in [0.2, 0.25) is 0 Å². The summed E-state index contributed by atoms with van der Waals surface area (Å²) in [5.41, 5.74) is 3.79. The molecule has 0 saturated heterocycles. The van der Waals surface area contributed by atoms with Crippen LogP contribution in [0.15, 0.2) is 24.5 Å². The molecule has 1 aromatic heterocycles. The molecule has 2 atom stereocenters. The number of nitrogens with two attached hydrogens (primary N) is 1. The van der Waals surface area contributed by atoms with Crippen LogP contribution in [-0.2, 0) is 11.2 Å². The zero-order chi connectivity index (χ0) is 12.7. The minimum Gasteiger partial charge on any atom is -0.374 e. The summed E-state index contributed by atoms with van der Waals surface area (Å²) in [4.78, 5) is 4.12. The highest BCUT2D eigenvalue weighted by Gasteiger charge is 2.32. The van der Waals surface area contributed by atoms with Crippen LogP contribution in [-0.4, -0.2) is 23.2 Å². The summed E-state index contributed by atoms with van der Waals surface area (Å²) in [6.07, 6.45) is 5.37. The average molecular weight is 237 g/mol. The summed E-state index contributed by atoms with van der Waals surface area (Å²) in [6.45, 7) is 6.90. The van der Waals surface area contributed by atoms with Gasteiger partial charge in [-0.3, -0.25) is 16.3 Å². The van der Waals surface area contributed by atoms with Crippen molar-refractivity contribution >= 4 is 0 Å². The lowest BCUT2D eigenvalue weighted by atomic mass is 9.89.